The van der Waals surface area contributed by atoms with E-state index in [0.717, 1.165) is 17.7 Å². The van der Waals surface area contributed by atoms with E-state index < -0.39 is 0 Å². The first-order valence-electron chi connectivity index (χ1n) is 5.58. The van der Waals surface area contributed by atoms with Crippen LogP contribution in [0, 0.1) is 0 Å². The molecule has 0 radical (unpaired) electrons. The Balaban J connectivity index is 2.57. The van der Waals surface area contributed by atoms with Gasteiger partial charge in [0, 0.05) is 38.9 Å². The Kier molecular flexibility index (Phi) is 4.34. The summed E-state index contributed by atoms with van der Waals surface area (Å²) < 4.78 is 1.78. The van der Waals surface area contributed by atoms with Crippen LogP contribution in [0.5, 0.6) is 0 Å². The normalized spacial score (nSPS) is 10.2. The number of aromatic nitrogens is 2. The van der Waals surface area contributed by atoms with Crippen molar-refractivity contribution in [3.63, 3.8) is 0 Å². The van der Waals surface area contributed by atoms with Crippen LogP contribution >= 0.6 is 0 Å². The molecule has 0 aliphatic carbocycles. The molecule has 0 aromatic carbocycles. The summed E-state index contributed by atoms with van der Waals surface area (Å²) >= 11 is 0. The first-order chi connectivity index (χ1) is 7.58. The van der Waals surface area contributed by atoms with Gasteiger partial charge >= 0.3 is 6.03 Å². The fraction of sp³-hybridized carbons (Fsp3) is 0.636. The van der Waals surface area contributed by atoms with Crippen molar-refractivity contribution in [2.24, 2.45) is 7.05 Å². The van der Waals surface area contributed by atoms with E-state index in [1.807, 2.05) is 20.2 Å². The predicted molar refractivity (Wildman–Crippen MR) is 63.1 cm³/mol. The summed E-state index contributed by atoms with van der Waals surface area (Å²) in [5.41, 5.74) is 2.13. The molecule has 1 aromatic rings. The third-order valence-electron chi connectivity index (χ3n) is 2.58. The smallest absolute Gasteiger partial charge is 0.317 e. The van der Waals surface area contributed by atoms with Crippen LogP contribution in [0.1, 0.15) is 25.1 Å². The van der Waals surface area contributed by atoms with Gasteiger partial charge in [-0.3, -0.25) is 4.68 Å². The van der Waals surface area contributed by atoms with Crippen LogP contribution in [0.25, 0.3) is 0 Å². The molecule has 1 aromatic heterocycles. The highest BCUT2D eigenvalue weighted by Gasteiger charge is 2.09. The van der Waals surface area contributed by atoms with Crippen molar-refractivity contribution in [2.45, 2.75) is 26.8 Å². The average Bonchev–Trinajstić information content (AvgIpc) is 2.65. The molecule has 2 amide bonds. The Hall–Kier alpha value is -1.52. The maximum Gasteiger partial charge on any atom is 0.317 e. The van der Waals surface area contributed by atoms with Gasteiger partial charge in [-0.15, -0.1) is 0 Å². The first-order valence-corrected chi connectivity index (χ1v) is 5.58. The lowest BCUT2D eigenvalue weighted by Gasteiger charge is -2.15. The van der Waals surface area contributed by atoms with Gasteiger partial charge in [0.25, 0.3) is 0 Å². The van der Waals surface area contributed by atoms with Crippen molar-refractivity contribution in [3.8, 4) is 0 Å². The summed E-state index contributed by atoms with van der Waals surface area (Å²) in [6, 6.07) is -0.0478. The second kappa shape index (κ2) is 5.53. The van der Waals surface area contributed by atoms with Crippen molar-refractivity contribution in [2.75, 3.05) is 13.6 Å². The highest BCUT2D eigenvalue weighted by atomic mass is 16.2. The van der Waals surface area contributed by atoms with E-state index in [9.17, 15) is 4.79 Å². The van der Waals surface area contributed by atoms with Crippen LogP contribution < -0.4 is 5.32 Å². The minimum absolute atomic E-state index is 0.0478. The van der Waals surface area contributed by atoms with Crippen molar-refractivity contribution in [1.29, 1.82) is 0 Å². The Labute approximate surface area is 96.4 Å². The molecule has 0 fully saturated rings. The largest absolute Gasteiger partial charge is 0.334 e. The Morgan fingerprint density at radius 1 is 1.56 bits per heavy atom. The molecule has 1 N–H and O–H groups in total. The van der Waals surface area contributed by atoms with Gasteiger partial charge in [0.2, 0.25) is 0 Å². The number of hydrogen-bond acceptors (Lipinski definition) is 2. The summed E-state index contributed by atoms with van der Waals surface area (Å²) in [5.74, 6) is 0. The molecule has 0 aliphatic rings. The SMILES string of the molecule is CCc1nn(C)cc1CNC(=O)N(C)CC. The van der Waals surface area contributed by atoms with Gasteiger partial charge in [-0.25, -0.2) is 4.79 Å². The van der Waals surface area contributed by atoms with E-state index >= 15 is 0 Å². The van der Waals surface area contributed by atoms with Crippen molar-refractivity contribution in [3.05, 3.63) is 17.5 Å². The third-order valence-corrected chi connectivity index (χ3v) is 2.58. The summed E-state index contributed by atoms with van der Waals surface area (Å²) in [6.07, 6.45) is 2.83. The summed E-state index contributed by atoms with van der Waals surface area (Å²) in [6.45, 7) is 5.26. The highest BCUT2D eigenvalue weighted by Crippen LogP contribution is 2.06. The van der Waals surface area contributed by atoms with Gasteiger partial charge in [0.05, 0.1) is 5.69 Å². The lowest BCUT2D eigenvalue weighted by molar-refractivity contribution is 0.210. The molecule has 90 valence electrons. The molecule has 1 rings (SSSR count). The average molecular weight is 224 g/mol. The summed E-state index contributed by atoms with van der Waals surface area (Å²) in [5, 5.41) is 7.20. The van der Waals surface area contributed by atoms with Crippen molar-refractivity contribution in [1.82, 2.24) is 20.0 Å². The lowest BCUT2D eigenvalue weighted by Crippen LogP contribution is -2.36. The highest BCUT2D eigenvalue weighted by molar-refractivity contribution is 5.73. The molecule has 0 atom stereocenters. The number of rotatable bonds is 4. The molecule has 5 heteroatoms. The Morgan fingerprint density at radius 3 is 2.81 bits per heavy atom. The molecular weight excluding hydrogens is 204 g/mol. The third kappa shape index (κ3) is 2.98. The molecule has 0 saturated carbocycles. The maximum atomic E-state index is 11.5. The second-order valence-corrected chi connectivity index (χ2v) is 3.80. The van der Waals surface area contributed by atoms with Gasteiger partial charge < -0.3 is 10.2 Å². The quantitative estimate of drug-likeness (QED) is 0.834. The summed E-state index contributed by atoms with van der Waals surface area (Å²) in [4.78, 5) is 13.2. The fourth-order valence-corrected chi connectivity index (χ4v) is 1.48. The van der Waals surface area contributed by atoms with Crippen LogP contribution in [-0.2, 0) is 20.0 Å². The van der Waals surface area contributed by atoms with Crippen LogP contribution in [-0.4, -0.2) is 34.3 Å². The molecule has 5 nitrogen and oxygen atoms in total. The van der Waals surface area contributed by atoms with Crippen molar-refractivity contribution >= 4 is 6.03 Å². The van der Waals surface area contributed by atoms with Crippen molar-refractivity contribution < 1.29 is 4.79 Å². The van der Waals surface area contributed by atoms with Gasteiger partial charge in [0.15, 0.2) is 0 Å². The molecule has 0 saturated heterocycles. The zero-order chi connectivity index (χ0) is 12.1. The number of amides is 2. The summed E-state index contributed by atoms with van der Waals surface area (Å²) in [7, 11) is 3.67. The van der Waals surface area contributed by atoms with Gasteiger partial charge in [-0.1, -0.05) is 6.92 Å². The van der Waals surface area contributed by atoms with Gasteiger partial charge in [0.1, 0.15) is 0 Å². The Morgan fingerprint density at radius 2 is 2.25 bits per heavy atom. The number of aryl methyl sites for hydroxylation is 2. The molecule has 0 spiro atoms. The van der Waals surface area contributed by atoms with Gasteiger partial charge in [-0.2, -0.15) is 5.10 Å². The van der Waals surface area contributed by atoms with E-state index in [0.29, 0.717) is 13.1 Å². The van der Waals surface area contributed by atoms with E-state index in [4.69, 9.17) is 0 Å². The number of nitrogens with zero attached hydrogens (tertiary/aromatic N) is 3. The standard InChI is InChI=1S/C11H20N4O/c1-5-10-9(8-15(4)13-10)7-12-11(16)14(3)6-2/h8H,5-7H2,1-4H3,(H,12,16). The van der Waals surface area contributed by atoms with Gasteiger partial charge in [-0.05, 0) is 13.3 Å². The van der Waals surface area contributed by atoms with E-state index in [-0.39, 0.29) is 6.03 Å². The number of carbonyl (C=O) groups excluding carboxylic acids is 1. The van der Waals surface area contributed by atoms with Crippen LogP contribution in [0.3, 0.4) is 0 Å². The second-order valence-electron chi connectivity index (χ2n) is 3.80. The molecule has 0 bridgehead atoms. The van der Waals surface area contributed by atoms with E-state index in [1.54, 1.807) is 16.6 Å². The zero-order valence-corrected chi connectivity index (χ0v) is 10.4. The first kappa shape index (κ1) is 12.5. The lowest BCUT2D eigenvalue weighted by atomic mass is 10.2. The molecule has 0 unspecified atom stereocenters. The fourth-order valence-electron chi connectivity index (χ4n) is 1.48. The van der Waals surface area contributed by atoms with E-state index in [1.165, 1.54) is 0 Å². The predicted octanol–water partition coefficient (Wildman–Crippen LogP) is 1.14. The number of hydrogen-bond donors (Lipinski definition) is 1. The van der Waals surface area contributed by atoms with Crippen LogP contribution in [0.4, 0.5) is 4.79 Å². The number of urea groups is 1. The Bertz CT molecular complexity index is 359. The van der Waals surface area contributed by atoms with E-state index in [2.05, 4.69) is 17.3 Å². The topological polar surface area (TPSA) is 50.2 Å². The zero-order valence-electron chi connectivity index (χ0n) is 10.4. The van der Waals surface area contributed by atoms with Crippen LogP contribution in [0.15, 0.2) is 6.20 Å². The number of nitrogens with one attached hydrogen (secondary N) is 1. The number of carbonyl (C=O) groups is 1. The molecular formula is C11H20N4O. The minimum Gasteiger partial charge on any atom is -0.334 e. The molecule has 0 aliphatic heterocycles. The van der Waals surface area contributed by atoms with Crippen LogP contribution in [0.2, 0.25) is 0 Å². The monoisotopic (exact) mass is 224 g/mol. The minimum atomic E-state index is -0.0478. The maximum absolute atomic E-state index is 11.5. The molecule has 1 heterocycles. The molecule has 16 heavy (non-hydrogen) atoms.